The Morgan fingerprint density at radius 2 is 2.06 bits per heavy atom. The van der Waals surface area contributed by atoms with Crippen LogP contribution in [0.5, 0.6) is 0 Å². The van der Waals surface area contributed by atoms with Gasteiger partial charge in [-0.05, 0) is 25.8 Å². The van der Waals surface area contributed by atoms with Crippen LogP contribution in [-0.4, -0.2) is 15.7 Å². The minimum atomic E-state index is 0.621. The molecule has 17 heavy (non-hydrogen) atoms. The van der Waals surface area contributed by atoms with Gasteiger partial charge in [-0.1, -0.05) is 25.1 Å². The van der Waals surface area contributed by atoms with E-state index in [1.807, 2.05) is 0 Å². The molecule has 0 amide bonds. The van der Waals surface area contributed by atoms with Crippen LogP contribution in [0.4, 0.5) is 5.82 Å². The number of thiophene rings is 1. The van der Waals surface area contributed by atoms with Crippen molar-refractivity contribution < 1.29 is 0 Å². The fraction of sp³-hybridized carbons (Fsp3) is 0.500. The van der Waals surface area contributed by atoms with Crippen LogP contribution in [0.1, 0.15) is 30.2 Å². The number of unbranched alkanes of at least 4 members (excludes halogenated alkanes) is 1. The topological polar surface area (TPSA) is 51.8 Å². The van der Waals surface area contributed by atoms with Gasteiger partial charge in [0.15, 0.2) is 5.16 Å². The van der Waals surface area contributed by atoms with E-state index in [-0.39, 0.29) is 0 Å². The van der Waals surface area contributed by atoms with Crippen molar-refractivity contribution in [2.24, 2.45) is 0 Å². The molecule has 0 aliphatic heterocycles. The Kier molecular flexibility index (Phi) is 3.89. The highest BCUT2D eigenvalue weighted by Crippen LogP contribution is 2.33. The molecule has 2 rings (SSSR count). The van der Waals surface area contributed by atoms with E-state index in [0.29, 0.717) is 5.82 Å². The van der Waals surface area contributed by atoms with Gasteiger partial charge in [0.1, 0.15) is 10.6 Å². The number of nitrogen functional groups attached to an aromatic ring is 1. The van der Waals surface area contributed by atoms with Crippen molar-refractivity contribution >= 4 is 39.1 Å². The van der Waals surface area contributed by atoms with Crippen LogP contribution in [0.15, 0.2) is 5.16 Å². The third-order valence-corrected chi connectivity index (χ3v) is 4.80. The Labute approximate surface area is 110 Å². The number of hydrogen-bond donors (Lipinski definition) is 1. The zero-order chi connectivity index (χ0) is 12.4. The van der Waals surface area contributed by atoms with Gasteiger partial charge in [0.25, 0.3) is 0 Å². The molecule has 3 nitrogen and oxygen atoms in total. The van der Waals surface area contributed by atoms with Crippen LogP contribution in [-0.2, 0) is 0 Å². The molecule has 0 atom stereocenters. The maximum atomic E-state index is 6.02. The lowest BCUT2D eigenvalue weighted by molar-refractivity contribution is 0.891. The molecular formula is C12H17N3S2. The third kappa shape index (κ3) is 2.55. The number of anilines is 1. The Hall–Kier alpha value is -0.810. The van der Waals surface area contributed by atoms with Crippen LogP contribution in [0.25, 0.3) is 10.2 Å². The van der Waals surface area contributed by atoms with Crippen LogP contribution >= 0.6 is 23.1 Å². The molecule has 0 bridgehead atoms. The Morgan fingerprint density at radius 3 is 2.76 bits per heavy atom. The summed E-state index contributed by atoms with van der Waals surface area (Å²) < 4.78 is 0. The quantitative estimate of drug-likeness (QED) is 0.520. The molecule has 92 valence electrons. The second-order valence-corrected chi connectivity index (χ2v) is 6.32. The molecule has 2 N–H and O–H groups in total. The van der Waals surface area contributed by atoms with Crippen molar-refractivity contribution in [1.29, 1.82) is 0 Å². The van der Waals surface area contributed by atoms with Crippen molar-refractivity contribution in [1.82, 2.24) is 9.97 Å². The van der Waals surface area contributed by atoms with Gasteiger partial charge >= 0.3 is 0 Å². The van der Waals surface area contributed by atoms with Crippen molar-refractivity contribution in [3.63, 3.8) is 0 Å². The van der Waals surface area contributed by atoms with Crippen LogP contribution < -0.4 is 5.73 Å². The normalized spacial score (nSPS) is 11.2. The van der Waals surface area contributed by atoms with E-state index >= 15 is 0 Å². The number of aryl methyl sites for hydroxylation is 2. The fourth-order valence-corrected chi connectivity index (χ4v) is 3.66. The average Bonchev–Trinajstić information content (AvgIpc) is 2.55. The van der Waals surface area contributed by atoms with E-state index < -0.39 is 0 Å². The molecule has 0 aliphatic rings. The molecular weight excluding hydrogens is 250 g/mol. The van der Waals surface area contributed by atoms with E-state index in [1.54, 1.807) is 23.1 Å². The zero-order valence-electron chi connectivity index (χ0n) is 10.4. The van der Waals surface area contributed by atoms with Crippen LogP contribution in [0, 0.1) is 13.8 Å². The lowest BCUT2D eigenvalue weighted by atomic mass is 10.2. The predicted octanol–water partition coefficient (Wildman–Crippen LogP) is 3.78. The number of hydrogen-bond acceptors (Lipinski definition) is 5. The zero-order valence-corrected chi connectivity index (χ0v) is 12.0. The summed E-state index contributed by atoms with van der Waals surface area (Å²) in [7, 11) is 0. The second kappa shape index (κ2) is 5.23. The van der Waals surface area contributed by atoms with Crippen molar-refractivity contribution in [2.75, 3.05) is 11.5 Å². The largest absolute Gasteiger partial charge is 0.383 e. The molecule has 2 aromatic rings. The molecule has 0 fully saturated rings. The highest BCUT2D eigenvalue weighted by atomic mass is 32.2. The van der Waals surface area contributed by atoms with Crippen LogP contribution in [0.2, 0.25) is 0 Å². The number of nitrogens with zero attached hydrogens (tertiary/aromatic N) is 2. The minimum Gasteiger partial charge on any atom is -0.383 e. The summed E-state index contributed by atoms with van der Waals surface area (Å²) in [6.07, 6.45) is 2.39. The van der Waals surface area contributed by atoms with Crippen LogP contribution in [0.3, 0.4) is 0 Å². The summed E-state index contributed by atoms with van der Waals surface area (Å²) in [5.41, 5.74) is 7.23. The first-order valence-electron chi connectivity index (χ1n) is 5.79. The second-order valence-electron chi connectivity index (χ2n) is 4.06. The summed E-state index contributed by atoms with van der Waals surface area (Å²) >= 11 is 3.40. The van der Waals surface area contributed by atoms with Gasteiger partial charge < -0.3 is 5.73 Å². The first-order valence-corrected chi connectivity index (χ1v) is 7.59. The Morgan fingerprint density at radius 1 is 1.29 bits per heavy atom. The molecule has 0 aromatic carbocycles. The summed E-state index contributed by atoms with van der Waals surface area (Å²) in [4.78, 5) is 11.3. The van der Waals surface area contributed by atoms with Gasteiger partial charge in [0.05, 0.1) is 5.39 Å². The molecule has 0 unspecified atom stereocenters. The molecule has 0 spiro atoms. The van der Waals surface area contributed by atoms with Gasteiger partial charge in [-0.25, -0.2) is 9.97 Å². The van der Waals surface area contributed by atoms with Gasteiger partial charge in [0, 0.05) is 10.6 Å². The smallest absolute Gasteiger partial charge is 0.190 e. The van der Waals surface area contributed by atoms with E-state index in [4.69, 9.17) is 5.73 Å². The summed E-state index contributed by atoms with van der Waals surface area (Å²) in [6.45, 7) is 6.37. The fourth-order valence-electron chi connectivity index (χ4n) is 1.63. The highest BCUT2D eigenvalue weighted by Gasteiger charge is 2.12. The standard InChI is InChI=1S/C12H17N3S2/c1-4-5-6-16-12-14-10(13)9-7(2)8(3)17-11(9)15-12/h4-6H2,1-3H3,(H2,13,14,15). The van der Waals surface area contributed by atoms with Crippen molar-refractivity contribution in [2.45, 2.75) is 38.8 Å². The molecule has 2 aromatic heterocycles. The minimum absolute atomic E-state index is 0.621. The maximum absolute atomic E-state index is 6.02. The van der Waals surface area contributed by atoms with Gasteiger partial charge in [-0.15, -0.1) is 11.3 Å². The lowest BCUT2D eigenvalue weighted by Crippen LogP contribution is -1.96. The number of rotatable bonds is 4. The molecule has 5 heteroatoms. The monoisotopic (exact) mass is 267 g/mol. The average molecular weight is 267 g/mol. The first-order chi connectivity index (χ1) is 8.13. The molecule has 0 radical (unpaired) electrons. The van der Waals surface area contributed by atoms with Crippen molar-refractivity contribution in [3.8, 4) is 0 Å². The van der Waals surface area contributed by atoms with E-state index in [2.05, 4.69) is 30.7 Å². The molecule has 2 heterocycles. The lowest BCUT2D eigenvalue weighted by Gasteiger charge is -2.02. The van der Waals surface area contributed by atoms with Gasteiger partial charge in [-0.2, -0.15) is 0 Å². The first kappa shape index (κ1) is 12.6. The van der Waals surface area contributed by atoms with Crippen molar-refractivity contribution in [3.05, 3.63) is 10.4 Å². The summed E-state index contributed by atoms with van der Waals surface area (Å²) in [5.74, 6) is 1.68. The summed E-state index contributed by atoms with van der Waals surface area (Å²) in [5, 5.41) is 1.84. The number of aromatic nitrogens is 2. The van der Waals surface area contributed by atoms with E-state index in [1.165, 1.54) is 23.3 Å². The van der Waals surface area contributed by atoms with E-state index in [0.717, 1.165) is 21.1 Å². The maximum Gasteiger partial charge on any atom is 0.190 e. The third-order valence-electron chi connectivity index (χ3n) is 2.77. The number of fused-ring (bicyclic) bond motifs is 1. The number of nitrogens with two attached hydrogens (primary N) is 1. The molecule has 0 saturated heterocycles. The Balaban J connectivity index is 2.35. The summed E-state index contributed by atoms with van der Waals surface area (Å²) in [6, 6.07) is 0. The SMILES string of the molecule is CCCCSc1nc(N)c2c(C)c(C)sc2n1. The van der Waals surface area contributed by atoms with E-state index in [9.17, 15) is 0 Å². The Bertz CT molecular complexity index is 534. The van der Waals surface area contributed by atoms with Gasteiger partial charge in [0.2, 0.25) is 0 Å². The highest BCUT2D eigenvalue weighted by molar-refractivity contribution is 7.99. The predicted molar refractivity (Wildman–Crippen MR) is 76.9 cm³/mol. The molecule has 0 aliphatic carbocycles. The van der Waals surface area contributed by atoms with Gasteiger partial charge in [-0.3, -0.25) is 0 Å². The number of thioether (sulfide) groups is 1. The molecule has 0 saturated carbocycles.